The van der Waals surface area contributed by atoms with Gasteiger partial charge in [0.25, 0.3) is 0 Å². The van der Waals surface area contributed by atoms with Crippen molar-refractivity contribution in [3.63, 3.8) is 0 Å². The van der Waals surface area contributed by atoms with Crippen LogP contribution in [0.2, 0.25) is 0 Å². The van der Waals surface area contributed by atoms with E-state index in [2.05, 4.69) is 42.8 Å². The van der Waals surface area contributed by atoms with Crippen LogP contribution in [0.25, 0.3) is 0 Å². The summed E-state index contributed by atoms with van der Waals surface area (Å²) in [5, 5.41) is 3.25. The summed E-state index contributed by atoms with van der Waals surface area (Å²) in [4.78, 5) is 5.16. The minimum Gasteiger partial charge on any atom is -0.318 e. The van der Waals surface area contributed by atoms with Gasteiger partial charge in [0.1, 0.15) is 0 Å². The van der Waals surface area contributed by atoms with Gasteiger partial charge in [-0.05, 0) is 34.7 Å². The third-order valence-corrected chi connectivity index (χ3v) is 3.39. The quantitative estimate of drug-likeness (QED) is 0.755. The minimum absolute atomic E-state index is 0.332. The van der Waals surface area contributed by atoms with Crippen molar-refractivity contribution < 1.29 is 0 Å². The maximum Gasteiger partial charge on any atom is 0.0193 e. The van der Waals surface area contributed by atoms with Crippen LogP contribution in [0.15, 0.2) is 0 Å². The standard InChI is InChI=1S/C12H27N3/c1-11(10-13-5)14-6-8-15(9-7-14)12(2,3)4/h11,13H,6-10H2,1-5H3. The first-order valence-corrected chi connectivity index (χ1v) is 6.09. The molecule has 1 unspecified atom stereocenters. The zero-order valence-corrected chi connectivity index (χ0v) is 11.0. The molecule has 1 fully saturated rings. The molecular weight excluding hydrogens is 186 g/mol. The summed E-state index contributed by atoms with van der Waals surface area (Å²) in [6.45, 7) is 15.1. The van der Waals surface area contributed by atoms with Crippen LogP contribution in [0.5, 0.6) is 0 Å². The molecule has 0 aromatic heterocycles. The molecule has 0 bridgehead atoms. The fourth-order valence-corrected chi connectivity index (χ4v) is 2.26. The van der Waals surface area contributed by atoms with E-state index in [9.17, 15) is 0 Å². The minimum atomic E-state index is 0.332. The molecular formula is C12H27N3. The molecule has 3 heteroatoms. The number of likely N-dealkylation sites (N-methyl/N-ethyl adjacent to an activating group) is 1. The highest BCUT2D eigenvalue weighted by Gasteiger charge is 2.27. The smallest absolute Gasteiger partial charge is 0.0193 e. The highest BCUT2D eigenvalue weighted by Crippen LogP contribution is 2.16. The summed E-state index contributed by atoms with van der Waals surface area (Å²) in [6.07, 6.45) is 0. The van der Waals surface area contributed by atoms with E-state index in [1.807, 2.05) is 7.05 Å². The highest BCUT2D eigenvalue weighted by atomic mass is 15.3. The third-order valence-electron chi connectivity index (χ3n) is 3.39. The topological polar surface area (TPSA) is 18.5 Å². The second-order valence-corrected chi connectivity index (χ2v) is 5.60. The zero-order chi connectivity index (χ0) is 11.5. The first-order chi connectivity index (χ1) is 6.95. The lowest BCUT2D eigenvalue weighted by Gasteiger charge is -2.44. The molecule has 1 aliphatic rings. The lowest BCUT2D eigenvalue weighted by atomic mass is 10.0. The maximum atomic E-state index is 3.25. The van der Waals surface area contributed by atoms with Gasteiger partial charge in [-0.15, -0.1) is 0 Å². The van der Waals surface area contributed by atoms with Crippen molar-refractivity contribution in [1.82, 2.24) is 15.1 Å². The second kappa shape index (κ2) is 5.28. The molecule has 0 radical (unpaired) electrons. The van der Waals surface area contributed by atoms with Gasteiger partial charge in [-0.1, -0.05) is 0 Å². The van der Waals surface area contributed by atoms with Crippen LogP contribution in [-0.4, -0.2) is 61.2 Å². The number of nitrogens with one attached hydrogen (secondary N) is 1. The Balaban J connectivity index is 2.36. The molecule has 1 aliphatic heterocycles. The normalized spacial score (nSPS) is 23.0. The van der Waals surface area contributed by atoms with E-state index in [-0.39, 0.29) is 0 Å². The molecule has 0 amide bonds. The molecule has 1 atom stereocenters. The van der Waals surface area contributed by atoms with Crippen LogP contribution in [-0.2, 0) is 0 Å². The predicted molar refractivity (Wildman–Crippen MR) is 66.3 cm³/mol. The van der Waals surface area contributed by atoms with Gasteiger partial charge >= 0.3 is 0 Å². The zero-order valence-electron chi connectivity index (χ0n) is 11.0. The van der Waals surface area contributed by atoms with Crippen LogP contribution in [0.1, 0.15) is 27.7 Å². The van der Waals surface area contributed by atoms with E-state index >= 15 is 0 Å². The monoisotopic (exact) mass is 213 g/mol. The van der Waals surface area contributed by atoms with Gasteiger partial charge < -0.3 is 5.32 Å². The van der Waals surface area contributed by atoms with Gasteiger partial charge in [0.05, 0.1) is 0 Å². The number of nitrogens with zero attached hydrogens (tertiary/aromatic N) is 2. The predicted octanol–water partition coefficient (Wildman–Crippen LogP) is 1.01. The average Bonchev–Trinajstić information content (AvgIpc) is 2.17. The number of hydrogen-bond donors (Lipinski definition) is 1. The highest BCUT2D eigenvalue weighted by molar-refractivity contribution is 4.83. The molecule has 15 heavy (non-hydrogen) atoms. The molecule has 1 N–H and O–H groups in total. The Morgan fingerprint density at radius 2 is 1.67 bits per heavy atom. The molecule has 1 heterocycles. The SMILES string of the molecule is CNCC(C)N1CCN(C(C)(C)C)CC1. The molecule has 0 aromatic carbocycles. The summed E-state index contributed by atoms with van der Waals surface area (Å²) in [7, 11) is 2.03. The molecule has 1 rings (SSSR count). The summed E-state index contributed by atoms with van der Waals surface area (Å²) in [6, 6.07) is 0.664. The first kappa shape index (κ1) is 12.9. The molecule has 0 saturated carbocycles. The Morgan fingerprint density at radius 3 is 2.07 bits per heavy atom. The summed E-state index contributed by atoms with van der Waals surface area (Å²) < 4.78 is 0. The van der Waals surface area contributed by atoms with Crippen molar-refractivity contribution in [2.75, 3.05) is 39.8 Å². The molecule has 0 spiro atoms. The molecule has 90 valence electrons. The number of rotatable bonds is 3. The van der Waals surface area contributed by atoms with E-state index in [1.54, 1.807) is 0 Å². The first-order valence-electron chi connectivity index (χ1n) is 6.09. The van der Waals surface area contributed by atoms with Gasteiger partial charge in [0.2, 0.25) is 0 Å². The van der Waals surface area contributed by atoms with E-state index in [4.69, 9.17) is 0 Å². The van der Waals surface area contributed by atoms with Crippen molar-refractivity contribution >= 4 is 0 Å². The van der Waals surface area contributed by atoms with Gasteiger partial charge in [-0.2, -0.15) is 0 Å². The Morgan fingerprint density at radius 1 is 1.13 bits per heavy atom. The molecule has 1 saturated heterocycles. The largest absolute Gasteiger partial charge is 0.318 e. The van der Waals surface area contributed by atoms with Crippen LogP contribution < -0.4 is 5.32 Å². The van der Waals surface area contributed by atoms with E-state index in [0.717, 1.165) is 6.54 Å². The average molecular weight is 213 g/mol. The van der Waals surface area contributed by atoms with Crippen LogP contribution in [0.3, 0.4) is 0 Å². The van der Waals surface area contributed by atoms with Gasteiger partial charge in [-0.25, -0.2) is 0 Å². The maximum absolute atomic E-state index is 3.25. The Labute approximate surface area is 94.8 Å². The second-order valence-electron chi connectivity index (χ2n) is 5.60. The van der Waals surface area contributed by atoms with E-state index in [0.29, 0.717) is 11.6 Å². The lowest BCUT2D eigenvalue weighted by molar-refractivity contribution is 0.0460. The Bertz CT molecular complexity index is 178. The lowest BCUT2D eigenvalue weighted by Crippen LogP contribution is -2.56. The number of piperazine rings is 1. The fraction of sp³-hybridized carbons (Fsp3) is 1.00. The molecule has 3 nitrogen and oxygen atoms in total. The van der Waals surface area contributed by atoms with Crippen molar-refractivity contribution in [3.05, 3.63) is 0 Å². The van der Waals surface area contributed by atoms with Gasteiger partial charge in [-0.3, -0.25) is 9.80 Å². The van der Waals surface area contributed by atoms with Crippen molar-refractivity contribution in [2.24, 2.45) is 0 Å². The van der Waals surface area contributed by atoms with Crippen LogP contribution in [0.4, 0.5) is 0 Å². The van der Waals surface area contributed by atoms with Gasteiger partial charge in [0.15, 0.2) is 0 Å². The fourth-order valence-electron chi connectivity index (χ4n) is 2.26. The summed E-state index contributed by atoms with van der Waals surface area (Å²) >= 11 is 0. The van der Waals surface area contributed by atoms with Crippen molar-refractivity contribution in [3.8, 4) is 0 Å². The van der Waals surface area contributed by atoms with Crippen molar-refractivity contribution in [2.45, 2.75) is 39.3 Å². The third kappa shape index (κ3) is 3.74. The van der Waals surface area contributed by atoms with Crippen LogP contribution in [0, 0.1) is 0 Å². The Kier molecular flexibility index (Phi) is 4.56. The van der Waals surface area contributed by atoms with E-state index in [1.165, 1.54) is 26.2 Å². The number of hydrogen-bond acceptors (Lipinski definition) is 3. The summed E-state index contributed by atoms with van der Waals surface area (Å²) in [5.74, 6) is 0. The Hall–Kier alpha value is -0.120. The van der Waals surface area contributed by atoms with Crippen molar-refractivity contribution in [1.29, 1.82) is 0 Å². The molecule has 0 aromatic rings. The van der Waals surface area contributed by atoms with Gasteiger partial charge in [0, 0.05) is 44.3 Å². The van der Waals surface area contributed by atoms with E-state index < -0.39 is 0 Å². The summed E-state index contributed by atoms with van der Waals surface area (Å²) in [5.41, 5.74) is 0.332. The van der Waals surface area contributed by atoms with Crippen LogP contribution >= 0.6 is 0 Å². The molecule has 0 aliphatic carbocycles.